The van der Waals surface area contributed by atoms with Crippen molar-refractivity contribution >= 4 is 27.3 Å². The van der Waals surface area contributed by atoms with E-state index in [2.05, 4.69) is 4.72 Å². The Morgan fingerprint density at radius 2 is 1.70 bits per heavy atom. The van der Waals surface area contributed by atoms with Crippen LogP contribution in [0.15, 0.2) is 41.3 Å². The van der Waals surface area contributed by atoms with Crippen molar-refractivity contribution in [2.45, 2.75) is 24.9 Å². The molecule has 0 unspecified atom stereocenters. The van der Waals surface area contributed by atoms with Gasteiger partial charge in [0.05, 0.1) is 15.5 Å². The van der Waals surface area contributed by atoms with Crippen molar-refractivity contribution in [3.8, 4) is 0 Å². The molecule has 0 saturated carbocycles. The fraction of sp³-hybridized carbons (Fsp3) is 0.200. The first-order valence-electron chi connectivity index (χ1n) is 6.47. The lowest BCUT2D eigenvalue weighted by molar-refractivity contribution is -0.137. The molecule has 0 radical (unpaired) electrons. The van der Waals surface area contributed by atoms with Crippen molar-refractivity contribution < 1.29 is 21.6 Å². The predicted molar refractivity (Wildman–Crippen MR) is 83.2 cm³/mol. The number of sulfonamides is 1. The molecule has 0 fully saturated rings. The third kappa shape index (κ3) is 3.97. The monoisotopic (exact) mass is 363 g/mol. The van der Waals surface area contributed by atoms with Crippen molar-refractivity contribution in [2.75, 3.05) is 4.72 Å². The number of nitrogens with one attached hydrogen (secondary N) is 1. The van der Waals surface area contributed by atoms with E-state index >= 15 is 0 Å². The number of anilines is 1. The van der Waals surface area contributed by atoms with Crippen LogP contribution < -0.4 is 4.72 Å². The van der Waals surface area contributed by atoms with Gasteiger partial charge in [-0.2, -0.15) is 13.2 Å². The number of alkyl halides is 3. The van der Waals surface area contributed by atoms with E-state index in [0.717, 1.165) is 11.6 Å². The Labute approximate surface area is 137 Å². The van der Waals surface area contributed by atoms with Gasteiger partial charge in [-0.05, 0) is 49.2 Å². The Morgan fingerprint density at radius 3 is 2.30 bits per heavy atom. The quantitative estimate of drug-likeness (QED) is 0.853. The molecule has 0 amide bonds. The molecule has 0 aromatic heterocycles. The zero-order chi connectivity index (χ0) is 17.4. The highest BCUT2D eigenvalue weighted by Crippen LogP contribution is 2.36. The van der Waals surface area contributed by atoms with Crippen molar-refractivity contribution in [3.63, 3.8) is 0 Å². The Hall–Kier alpha value is -1.73. The molecule has 0 aliphatic heterocycles. The molecule has 3 nitrogen and oxygen atoms in total. The molecule has 0 saturated heterocycles. The molecule has 2 rings (SSSR count). The average molecular weight is 364 g/mol. The van der Waals surface area contributed by atoms with Crippen LogP contribution in [0.4, 0.5) is 18.9 Å². The van der Waals surface area contributed by atoms with Crippen LogP contribution in [-0.2, 0) is 16.2 Å². The SMILES string of the molecule is Cc1ccc(C)c(S(=O)(=O)Nc2ccc(Cl)c(C(F)(F)F)c2)c1. The summed E-state index contributed by atoms with van der Waals surface area (Å²) < 4.78 is 65.5. The largest absolute Gasteiger partial charge is 0.417 e. The third-order valence-corrected chi connectivity index (χ3v) is 5.01. The summed E-state index contributed by atoms with van der Waals surface area (Å²) in [5.74, 6) is 0. The van der Waals surface area contributed by atoms with Gasteiger partial charge >= 0.3 is 6.18 Å². The van der Waals surface area contributed by atoms with Gasteiger partial charge in [-0.1, -0.05) is 23.7 Å². The molecule has 2 aromatic carbocycles. The Bertz CT molecular complexity index is 848. The van der Waals surface area contributed by atoms with Crippen molar-refractivity contribution in [2.24, 2.45) is 0 Å². The molecule has 0 bridgehead atoms. The lowest BCUT2D eigenvalue weighted by Crippen LogP contribution is -2.15. The molecule has 0 aliphatic carbocycles. The highest BCUT2D eigenvalue weighted by molar-refractivity contribution is 7.92. The number of halogens is 4. The smallest absolute Gasteiger partial charge is 0.280 e. The van der Waals surface area contributed by atoms with Crippen molar-refractivity contribution in [1.82, 2.24) is 0 Å². The van der Waals surface area contributed by atoms with E-state index in [0.29, 0.717) is 11.6 Å². The van der Waals surface area contributed by atoms with Crippen LogP contribution in [0.3, 0.4) is 0 Å². The number of hydrogen-bond acceptors (Lipinski definition) is 2. The van der Waals surface area contributed by atoms with Crippen LogP contribution >= 0.6 is 11.6 Å². The van der Waals surface area contributed by atoms with Crippen molar-refractivity contribution in [3.05, 3.63) is 58.1 Å². The summed E-state index contributed by atoms with van der Waals surface area (Å²) in [7, 11) is -4.00. The second-order valence-corrected chi connectivity index (χ2v) is 7.12. The summed E-state index contributed by atoms with van der Waals surface area (Å²) >= 11 is 5.52. The van der Waals surface area contributed by atoms with Gasteiger partial charge in [0.1, 0.15) is 0 Å². The molecule has 8 heteroatoms. The van der Waals surface area contributed by atoms with Gasteiger partial charge in [0.15, 0.2) is 0 Å². The van der Waals surface area contributed by atoms with Gasteiger partial charge in [0.25, 0.3) is 10.0 Å². The molecular weight excluding hydrogens is 351 g/mol. The first-order valence-corrected chi connectivity index (χ1v) is 8.33. The van der Waals surface area contributed by atoms with Gasteiger partial charge in [-0.15, -0.1) is 0 Å². The molecular formula is C15H13ClF3NO2S. The van der Waals surface area contributed by atoms with Gasteiger partial charge in [-0.3, -0.25) is 4.72 Å². The standard InChI is InChI=1S/C15H13ClF3NO2S/c1-9-3-4-10(2)14(7-9)23(21,22)20-11-5-6-13(16)12(8-11)15(17,18)19/h3-8,20H,1-2H3. The van der Waals surface area contributed by atoms with Gasteiger partial charge in [-0.25, -0.2) is 8.42 Å². The maximum Gasteiger partial charge on any atom is 0.417 e. The maximum absolute atomic E-state index is 12.8. The molecule has 0 heterocycles. The summed E-state index contributed by atoms with van der Waals surface area (Å²) in [5.41, 5.74) is -0.0841. The summed E-state index contributed by atoms with van der Waals surface area (Å²) in [6.07, 6.45) is -4.67. The van der Waals surface area contributed by atoms with Gasteiger partial charge < -0.3 is 0 Å². The molecule has 0 aliphatic rings. The predicted octanol–water partition coefficient (Wildman–Crippen LogP) is 4.78. The maximum atomic E-state index is 12.8. The second-order valence-electron chi connectivity index (χ2n) is 5.07. The van der Waals surface area contributed by atoms with E-state index in [-0.39, 0.29) is 10.6 Å². The first kappa shape index (κ1) is 17.6. The van der Waals surface area contributed by atoms with Crippen LogP contribution in [0.5, 0.6) is 0 Å². The normalized spacial score (nSPS) is 12.3. The highest BCUT2D eigenvalue weighted by atomic mass is 35.5. The highest BCUT2D eigenvalue weighted by Gasteiger charge is 2.33. The Kier molecular flexibility index (Phi) is 4.64. The van der Waals surface area contributed by atoms with Gasteiger partial charge in [0.2, 0.25) is 0 Å². The van der Waals surface area contributed by atoms with Gasteiger partial charge in [0, 0.05) is 5.69 Å². The average Bonchev–Trinajstić information content (AvgIpc) is 2.42. The Morgan fingerprint density at radius 1 is 1.04 bits per heavy atom. The molecule has 0 atom stereocenters. The van der Waals surface area contributed by atoms with Crippen LogP contribution in [-0.4, -0.2) is 8.42 Å². The number of rotatable bonds is 3. The number of benzene rings is 2. The Balaban J connectivity index is 2.44. The second kappa shape index (κ2) is 6.05. The third-order valence-electron chi connectivity index (χ3n) is 3.16. The van der Waals surface area contributed by atoms with E-state index in [1.165, 1.54) is 12.1 Å². The minimum absolute atomic E-state index is 0.0148. The van der Waals surface area contributed by atoms with Crippen LogP contribution in [0.2, 0.25) is 5.02 Å². The lowest BCUT2D eigenvalue weighted by Gasteiger charge is -2.14. The molecule has 2 aromatic rings. The zero-order valence-electron chi connectivity index (χ0n) is 12.2. The van der Waals surface area contributed by atoms with E-state index < -0.39 is 26.8 Å². The lowest BCUT2D eigenvalue weighted by atomic mass is 10.2. The van der Waals surface area contributed by atoms with Crippen LogP contribution in [0.1, 0.15) is 16.7 Å². The number of aryl methyl sites for hydroxylation is 2. The topological polar surface area (TPSA) is 46.2 Å². The van der Waals surface area contributed by atoms with E-state index in [4.69, 9.17) is 11.6 Å². The fourth-order valence-electron chi connectivity index (χ4n) is 2.01. The summed E-state index contributed by atoms with van der Waals surface area (Å²) in [4.78, 5) is 0.0148. The molecule has 0 spiro atoms. The molecule has 23 heavy (non-hydrogen) atoms. The minimum Gasteiger partial charge on any atom is -0.280 e. The summed E-state index contributed by atoms with van der Waals surface area (Å²) in [6, 6.07) is 7.69. The minimum atomic E-state index is -4.67. The van der Waals surface area contributed by atoms with Crippen LogP contribution in [0.25, 0.3) is 0 Å². The van der Waals surface area contributed by atoms with Crippen LogP contribution in [0, 0.1) is 13.8 Å². The fourth-order valence-corrected chi connectivity index (χ4v) is 3.62. The van der Waals surface area contributed by atoms with E-state index in [1.807, 2.05) is 0 Å². The van der Waals surface area contributed by atoms with Crippen molar-refractivity contribution in [1.29, 1.82) is 0 Å². The summed E-state index contributed by atoms with van der Waals surface area (Å²) in [5, 5.41) is -0.493. The van der Waals surface area contributed by atoms with E-state index in [1.54, 1.807) is 26.0 Å². The summed E-state index contributed by atoms with van der Waals surface area (Å²) in [6.45, 7) is 3.33. The first-order chi connectivity index (χ1) is 10.5. The molecule has 124 valence electrons. The molecule has 1 N–H and O–H groups in total. The van der Waals surface area contributed by atoms with E-state index in [9.17, 15) is 21.6 Å². The number of hydrogen-bond donors (Lipinski definition) is 1. The zero-order valence-corrected chi connectivity index (χ0v) is 13.8.